The quantitative estimate of drug-likeness (QED) is 0.378. The third-order valence-corrected chi connectivity index (χ3v) is 3.30. The van der Waals surface area contributed by atoms with E-state index >= 15 is 0 Å². The first kappa shape index (κ1) is 11.6. The Morgan fingerprint density at radius 2 is 2.57 bits per heavy atom. The highest BCUT2D eigenvalue weighted by Gasteiger charge is 2.34. The van der Waals surface area contributed by atoms with Gasteiger partial charge in [-0.3, -0.25) is 9.69 Å². The summed E-state index contributed by atoms with van der Waals surface area (Å²) in [5.41, 5.74) is 0. The van der Waals surface area contributed by atoms with E-state index in [4.69, 9.17) is 4.74 Å². The minimum Gasteiger partial charge on any atom is -0.468 e. The first-order valence-electron chi connectivity index (χ1n) is 4.80. The van der Waals surface area contributed by atoms with E-state index < -0.39 is 0 Å². The topological polar surface area (TPSA) is 29.5 Å². The zero-order valence-electron chi connectivity index (χ0n) is 8.57. The molecule has 80 valence electrons. The van der Waals surface area contributed by atoms with Crippen molar-refractivity contribution in [2.45, 2.75) is 12.5 Å². The van der Waals surface area contributed by atoms with Gasteiger partial charge in [-0.05, 0) is 6.42 Å². The summed E-state index contributed by atoms with van der Waals surface area (Å²) in [5, 5.41) is 0. The molecule has 1 fully saturated rings. The number of likely N-dealkylation sites (tertiary alicyclic amines) is 1. The fraction of sp³-hybridized carbons (Fsp3) is 0.700. The summed E-state index contributed by atoms with van der Waals surface area (Å²) in [4.78, 5) is 13.4. The smallest absolute Gasteiger partial charge is 0.323 e. The van der Waals surface area contributed by atoms with Crippen LogP contribution in [0.4, 0.5) is 0 Å². The number of rotatable bonds is 6. The molecule has 4 heteroatoms. The van der Waals surface area contributed by atoms with E-state index in [0.29, 0.717) is 0 Å². The van der Waals surface area contributed by atoms with Gasteiger partial charge >= 0.3 is 5.97 Å². The number of hydrogen-bond donors (Lipinski definition) is 0. The van der Waals surface area contributed by atoms with Crippen LogP contribution in [0.2, 0.25) is 0 Å². The van der Waals surface area contributed by atoms with Crippen molar-refractivity contribution in [2.75, 3.05) is 31.7 Å². The fourth-order valence-corrected chi connectivity index (χ4v) is 2.16. The summed E-state index contributed by atoms with van der Waals surface area (Å²) in [6.07, 6.45) is 2.84. The molecule has 1 atom stereocenters. The van der Waals surface area contributed by atoms with E-state index in [1.54, 1.807) is 0 Å². The van der Waals surface area contributed by atoms with Crippen LogP contribution in [0.3, 0.4) is 0 Å². The van der Waals surface area contributed by atoms with Crippen molar-refractivity contribution < 1.29 is 9.53 Å². The molecule has 0 spiro atoms. The maximum atomic E-state index is 11.2. The molecular weight excluding hydrogens is 198 g/mol. The van der Waals surface area contributed by atoms with Crippen LogP contribution in [0.1, 0.15) is 6.42 Å². The lowest BCUT2D eigenvalue weighted by atomic mass is 10.0. The average molecular weight is 215 g/mol. The van der Waals surface area contributed by atoms with Gasteiger partial charge in [0.05, 0.1) is 7.11 Å². The molecule has 3 nitrogen and oxygen atoms in total. The molecule has 1 heterocycles. The SMILES string of the molecule is C=CCSCCN1CCC1C(=O)OC. The predicted octanol–water partition coefficient (Wildman–Crippen LogP) is 1.15. The van der Waals surface area contributed by atoms with Crippen LogP contribution < -0.4 is 0 Å². The van der Waals surface area contributed by atoms with E-state index in [1.165, 1.54) is 7.11 Å². The molecule has 1 unspecified atom stereocenters. The number of methoxy groups -OCH3 is 1. The highest BCUT2D eigenvalue weighted by atomic mass is 32.2. The van der Waals surface area contributed by atoms with Crippen molar-refractivity contribution in [1.82, 2.24) is 4.90 Å². The van der Waals surface area contributed by atoms with Crippen LogP contribution in [-0.2, 0) is 9.53 Å². The molecule has 0 aliphatic carbocycles. The highest BCUT2D eigenvalue weighted by molar-refractivity contribution is 7.99. The van der Waals surface area contributed by atoms with Crippen LogP contribution in [0.25, 0.3) is 0 Å². The Labute approximate surface area is 89.5 Å². The van der Waals surface area contributed by atoms with Crippen molar-refractivity contribution in [3.63, 3.8) is 0 Å². The molecule has 0 N–H and O–H groups in total. The molecule has 0 saturated carbocycles. The lowest BCUT2D eigenvalue weighted by molar-refractivity contribution is -0.151. The molecule has 1 aliphatic rings. The molecular formula is C10H17NO2S. The summed E-state index contributed by atoms with van der Waals surface area (Å²) in [6.45, 7) is 5.65. The monoisotopic (exact) mass is 215 g/mol. The van der Waals surface area contributed by atoms with Crippen LogP contribution in [-0.4, -0.2) is 48.6 Å². The lowest BCUT2D eigenvalue weighted by Gasteiger charge is -2.38. The van der Waals surface area contributed by atoms with E-state index in [0.717, 1.165) is 31.0 Å². The van der Waals surface area contributed by atoms with E-state index in [2.05, 4.69) is 11.5 Å². The normalized spacial score (nSPS) is 21.4. The van der Waals surface area contributed by atoms with Gasteiger partial charge in [0.2, 0.25) is 0 Å². The minimum atomic E-state index is -0.0926. The molecule has 1 saturated heterocycles. The molecule has 0 radical (unpaired) electrons. The number of nitrogens with zero attached hydrogens (tertiary/aromatic N) is 1. The first-order chi connectivity index (χ1) is 6.79. The molecule has 0 amide bonds. The van der Waals surface area contributed by atoms with Gasteiger partial charge in [-0.25, -0.2) is 0 Å². The summed E-state index contributed by atoms with van der Waals surface area (Å²) >= 11 is 1.84. The number of esters is 1. The minimum absolute atomic E-state index is 0.0179. The van der Waals surface area contributed by atoms with Gasteiger partial charge < -0.3 is 4.74 Å². The first-order valence-corrected chi connectivity index (χ1v) is 5.95. The largest absolute Gasteiger partial charge is 0.468 e. The summed E-state index contributed by atoms with van der Waals surface area (Å²) in [6, 6.07) is 0.0179. The number of carbonyl (C=O) groups excluding carboxylic acids is 1. The Balaban J connectivity index is 2.13. The standard InChI is InChI=1S/C10H17NO2S/c1-3-7-14-8-6-11-5-4-9(11)10(12)13-2/h3,9H,1,4-8H2,2H3. The molecule has 1 aliphatic heterocycles. The van der Waals surface area contributed by atoms with Gasteiger partial charge in [-0.2, -0.15) is 11.8 Å². The zero-order valence-corrected chi connectivity index (χ0v) is 9.39. The van der Waals surface area contributed by atoms with Crippen LogP contribution in [0.5, 0.6) is 0 Å². The maximum absolute atomic E-state index is 11.2. The molecule has 14 heavy (non-hydrogen) atoms. The van der Waals surface area contributed by atoms with Gasteiger partial charge in [0.1, 0.15) is 6.04 Å². The van der Waals surface area contributed by atoms with E-state index in [9.17, 15) is 4.79 Å². The second-order valence-corrected chi connectivity index (χ2v) is 4.38. The van der Waals surface area contributed by atoms with Gasteiger partial charge in [-0.1, -0.05) is 6.08 Å². The molecule has 0 aromatic heterocycles. The average Bonchev–Trinajstić information content (AvgIpc) is 2.15. The third-order valence-electron chi connectivity index (χ3n) is 2.36. The zero-order chi connectivity index (χ0) is 10.4. The Kier molecular flexibility index (Phi) is 5.04. The summed E-state index contributed by atoms with van der Waals surface area (Å²) in [7, 11) is 1.45. The van der Waals surface area contributed by atoms with E-state index in [1.807, 2.05) is 17.8 Å². The molecule has 1 rings (SSSR count). The Morgan fingerprint density at radius 3 is 3.07 bits per heavy atom. The number of thioether (sulfide) groups is 1. The number of hydrogen-bond acceptors (Lipinski definition) is 4. The van der Waals surface area contributed by atoms with Gasteiger partial charge in [0.15, 0.2) is 0 Å². The van der Waals surface area contributed by atoms with E-state index in [-0.39, 0.29) is 12.0 Å². The highest BCUT2D eigenvalue weighted by Crippen LogP contribution is 2.18. The Bertz CT molecular complexity index is 208. The second kappa shape index (κ2) is 6.09. The molecule has 0 bridgehead atoms. The molecule has 0 aromatic rings. The summed E-state index contributed by atoms with van der Waals surface area (Å²) in [5.74, 6) is 1.95. The van der Waals surface area contributed by atoms with Crippen LogP contribution in [0.15, 0.2) is 12.7 Å². The lowest BCUT2D eigenvalue weighted by Crippen LogP contribution is -2.53. The van der Waals surface area contributed by atoms with Gasteiger partial charge in [0, 0.05) is 24.6 Å². The van der Waals surface area contributed by atoms with Crippen molar-refractivity contribution in [2.24, 2.45) is 0 Å². The third kappa shape index (κ3) is 3.03. The van der Waals surface area contributed by atoms with Crippen molar-refractivity contribution in [3.8, 4) is 0 Å². The Morgan fingerprint density at radius 1 is 1.79 bits per heavy atom. The second-order valence-electron chi connectivity index (χ2n) is 3.23. The number of carbonyl (C=O) groups is 1. The fourth-order valence-electron chi connectivity index (χ4n) is 1.46. The van der Waals surface area contributed by atoms with Crippen molar-refractivity contribution >= 4 is 17.7 Å². The van der Waals surface area contributed by atoms with Crippen LogP contribution in [0, 0.1) is 0 Å². The molecule has 0 aromatic carbocycles. The predicted molar refractivity (Wildman–Crippen MR) is 59.5 cm³/mol. The van der Waals surface area contributed by atoms with Crippen molar-refractivity contribution in [3.05, 3.63) is 12.7 Å². The summed E-state index contributed by atoms with van der Waals surface area (Å²) < 4.78 is 4.71. The maximum Gasteiger partial charge on any atom is 0.323 e. The Hall–Kier alpha value is -0.480. The van der Waals surface area contributed by atoms with Crippen molar-refractivity contribution in [1.29, 1.82) is 0 Å². The van der Waals surface area contributed by atoms with Gasteiger partial charge in [-0.15, -0.1) is 6.58 Å². The number of ether oxygens (including phenoxy) is 1. The van der Waals surface area contributed by atoms with Gasteiger partial charge in [0.25, 0.3) is 0 Å². The van der Waals surface area contributed by atoms with Crippen LogP contribution >= 0.6 is 11.8 Å².